The van der Waals surface area contributed by atoms with Crippen LogP contribution in [0.5, 0.6) is 0 Å². The van der Waals surface area contributed by atoms with Crippen molar-refractivity contribution in [3.63, 3.8) is 0 Å². The molecule has 8 nitrogen and oxygen atoms in total. The molecule has 1 fully saturated rings. The highest BCUT2D eigenvalue weighted by atomic mass is 16.5. The Labute approximate surface area is 215 Å². The molecular formula is C29H30N4O4. The van der Waals surface area contributed by atoms with Crippen molar-refractivity contribution in [1.82, 2.24) is 14.8 Å². The topological polar surface area (TPSA) is 87.9 Å². The molecule has 0 spiro atoms. The summed E-state index contributed by atoms with van der Waals surface area (Å²) in [6.45, 7) is 6.23. The minimum Gasteiger partial charge on any atom is -0.423 e. The molecule has 37 heavy (non-hydrogen) atoms. The molecule has 3 aromatic carbocycles. The fourth-order valence-electron chi connectivity index (χ4n) is 4.58. The van der Waals surface area contributed by atoms with Crippen LogP contribution in [0.15, 0.2) is 59.0 Å². The molecule has 1 aliphatic rings. The number of nitrogens with one attached hydrogen (secondary N) is 1. The summed E-state index contributed by atoms with van der Waals surface area (Å²) in [7, 11) is 3.47. The van der Waals surface area contributed by atoms with Gasteiger partial charge in [0, 0.05) is 49.6 Å². The molecule has 0 atom stereocenters. The molecule has 0 unspecified atom stereocenters. The fraction of sp³-hybridized carbons (Fsp3) is 0.276. The Hall–Kier alpha value is -4.17. The molecule has 1 N–H and O–H groups in total. The van der Waals surface area contributed by atoms with Crippen LogP contribution in [0, 0.1) is 13.8 Å². The first-order chi connectivity index (χ1) is 17.8. The Morgan fingerprint density at radius 3 is 2.38 bits per heavy atom. The summed E-state index contributed by atoms with van der Waals surface area (Å²) in [4.78, 5) is 33.3. The second-order valence-corrected chi connectivity index (χ2v) is 9.46. The van der Waals surface area contributed by atoms with Crippen molar-refractivity contribution in [1.29, 1.82) is 0 Å². The van der Waals surface area contributed by atoms with E-state index in [0.717, 1.165) is 33.5 Å². The van der Waals surface area contributed by atoms with E-state index in [1.807, 2.05) is 67.3 Å². The van der Waals surface area contributed by atoms with Crippen molar-refractivity contribution in [2.45, 2.75) is 13.8 Å². The quantitative estimate of drug-likeness (QED) is 0.415. The Balaban J connectivity index is 1.41. The van der Waals surface area contributed by atoms with Crippen LogP contribution in [0.3, 0.4) is 0 Å². The van der Waals surface area contributed by atoms with E-state index in [0.29, 0.717) is 49.0 Å². The maximum Gasteiger partial charge on any atom is 0.300 e. The Morgan fingerprint density at radius 1 is 0.946 bits per heavy atom. The summed E-state index contributed by atoms with van der Waals surface area (Å²) in [6.07, 6.45) is 0. The standard InChI is InChI=1S/C29H30N4O4/c1-18-16-20(8-10-23(18)28(35)33-12-14-36-15-13-33)24-6-5-7-25-26(24)37-29(31-25)30-21-9-11-22(19(2)17-21)27(34)32(3)4/h5-11,16-17H,12-15H2,1-4H3,(H,30,31). The minimum absolute atomic E-state index is 0.0327. The number of aryl methyl sites for hydroxylation is 2. The number of ether oxygens (including phenoxy) is 1. The number of rotatable bonds is 5. The molecule has 1 aliphatic heterocycles. The van der Waals surface area contributed by atoms with Gasteiger partial charge < -0.3 is 24.3 Å². The lowest BCUT2D eigenvalue weighted by atomic mass is 9.98. The van der Waals surface area contributed by atoms with Gasteiger partial charge in [0.2, 0.25) is 0 Å². The summed E-state index contributed by atoms with van der Waals surface area (Å²) >= 11 is 0. The molecule has 0 bridgehead atoms. The van der Waals surface area contributed by atoms with Crippen molar-refractivity contribution in [2.75, 3.05) is 45.7 Å². The summed E-state index contributed by atoms with van der Waals surface area (Å²) < 4.78 is 11.5. The van der Waals surface area contributed by atoms with Crippen LogP contribution in [-0.4, -0.2) is 67.0 Å². The number of fused-ring (bicyclic) bond motifs is 1. The van der Waals surface area contributed by atoms with Gasteiger partial charge in [-0.05, 0) is 60.9 Å². The number of hydrogen-bond acceptors (Lipinski definition) is 6. The first-order valence-electron chi connectivity index (χ1n) is 12.3. The van der Waals surface area contributed by atoms with E-state index < -0.39 is 0 Å². The number of carbonyl (C=O) groups excluding carboxylic acids is 2. The highest BCUT2D eigenvalue weighted by Gasteiger charge is 2.21. The number of anilines is 2. The van der Waals surface area contributed by atoms with Gasteiger partial charge in [-0.3, -0.25) is 9.59 Å². The maximum absolute atomic E-state index is 13.0. The van der Waals surface area contributed by atoms with Crippen LogP contribution in [0.1, 0.15) is 31.8 Å². The zero-order valence-corrected chi connectivity index (χ0v) is 21.5. The third-order valence-electron chi connectivity index (χ3n) is 6.60. The van der Waals surface area contributed by atoms with Gasteiger partial charge in [0.05, 0.1) is 13.2 Å². The van der Waals surface area contributed by atoms with Gasteiger partial charge in [-0.1, -0.05) is 24.3 Å². The first kappa shape index (κ1) is 24.5. The van der Waals surface area contributed by atoms with E-state index in [4.69, 9.17) is 9.15 Å². The third kappa shape index (κ3) is 4.93. The van der Waals surface area contributed by atoms with E-state index in [1.165, 1.54) is 0 Å². The summed E-state index contributed by atoms with van der Waals surface area (Å²) in [5.41, 5.74) is 7.14. The van der Waals surface area contributed by atoms with Crippen molar-refractivity contribution in [3.05, 3.63) is 76.9 Å². The molecule has 2 heterocycles. The molecule has 0 saturated carbocycles. The lowest BCUT2D eigenvalue weighted by Gasteiger charge is -2.27. The third-order valence-corrected chi connectivity index (χ3v) is 6.60. The molecule has 4 aromatic rings. The van der Waals surface area contributed by atoms with Crippen LogP contribution >= 0.6 is 0 Å². The Morgan fingerprint density at radius 2 is 1.68 bits per heavy atom. The van der Waals surface area contributed by atoms with Gasteiger partial charge >= 0.3 is 0 Å². The maximum atomic E-state index is 13.0. The largest absolute Gasteiger partial charge is 0.423 e. The first-order valence-corrected chi connectivity index (χ1v) is 12.3. The van der Waals surface area contributed by atoms with E-state index in [9.17, 15) is 9.59 Å². The molecular weight excluding hydrogens is 468 g/mol. The van der Waals surface area contributed by atoms with Crippen LogP contribution in [0.4, 0.5) is 11.7 Å². The zero-order valence-electron chi connectivity index (χ0n) is 21.5. The number of oxazole rings is 1. The smallest absolute Gasteiger partial charge is 0.300 e. The average molecular weight is 499 g/mol. The second kappa shape index (κ2) is 10.1. The van der Waals surface area contributed by atoms with Gasteiger partial charge in [-0.2, -0.15) is 4.98 Å². The highest BCUT2D eigenvalue weighted by molar-refractivity contribution is 5.98. The van der Waals surface area contributed by atoms with Crippen molar-refractivity contribution >= 4 is 34.6 Å². The Kier molecular flexibility index (Phi) is 6.67. The molecule has 8 heteroatoms. The monoisotopic (exact) mass is 498 g/mol. The molecule has 1 aromatic heterocycles. The van der Waals surface area contributed by atoms with Crippen molar-refractivity contribution < 1.29 is 18.7 Å². The number of hydrogen-bond donors (Lipinski definition) is 1. The molecule has 5 rings (SSSR count). The average Bonchev–Trinajstić information content (AvgIpc) is 3.31. The number of para-hydroxylation sites is 1. The number of benzene rings is 3. The number of carbonyl (C=O) groups is 2. The van der Waals surface area contributed by atoms with Gasteiger partial charge in [0.25, 0.3) is 17.8 Å². The normalized spacial score (nSPS) is 13.6. The van der Waals surface area contributed by atoms with Gasteiger partial charge in [0.15, 0.2) is 5.58 Å². The molecule has 2 amide bonds. The SMILES string of the molecule is Cc1cc(Nc2nc3cccc(-c4ccc(C(=O)N5CCOCC5)c(C)c4)c3o2)ccc1C(=O)N(C)C. The predicted molar refractivity (Wildman–Crippen MR) is 143 cm³/mol. The van der Waals surface area contributed by atoms with Crippen LogP contribution in [0.2, 0.25) is 0 Å². The summed E-state index contributed by atoms with van der Waals surface area (Å²) in [6, 6.07) is 17.6. The lowest BCUT2D eigenvalue weighted by Crippen LogP contribution is -2.40. The number of nitrogens with zero attached hydrogens (tertiary/aromatic N) is 3. The molecule has 190 valence electrons. The highest BCUT2D eigenvalue weighted by Crippen LogP contribution is 2.33. The van der Waals surface area contributed by atoms with E-state index in [1.54, 1.807) is 25.1 Å². The fourth-order valence-corrected chi connectivity index (χ4v) is 4.58. The van der Waals surface area contributed by atoms with E-state index in [-0.39, 0.29) is 11.8 Å². The van der Waals surface area contributed by atoms with Gasteiger partial charge in [0.1, 0.15) is 5.52 Å². The predicted octanol–water partition coefficient (Wildman–Crippen LogP) is 5.03. The molecule has 0 radical (unpaired) electrons. The molecule has 0 aliphatic carbocycles. The number of morpholine rings is 1. The lowest BCUT2D eigenvalue weighted by molar-refractivity contribution is 0.0302. The zero-order chi connectivity index (χ0) is 26.1. The minimum atomic E-state index is -0.0384. The molecule has 1 saturated heterocycles. The van der Waals surface area contributed by atoms with E-state index in [2.05, 4.69) is 10.3 Å². The number of amides is 2. The summed E-state index contributed by atoms with van der Waals surface area (Å²) in [5.74, 6) is -0.00573. The summed E-state index contributed by atoms with van der Waals surface area (Å²) in [5, 5.41) is 3.22. The van der Waals surface area contributed by atoms with Gasteiger partial charge in [-0.25, -0.2) is 0 Å². The van der Waals surface area contributed by atoms with Crippen LogP contribution in [0.25, 0.3) is 22.2 Å². The number of aromatic nitrogens is 1. The second-order valence-electron chi connectivity index (χ2n) is 9.46. The van der Waals surface area contributed by atoms with Crippen LogP contribution in [-0.2, 0) is 4.74 Å². The van der Waals surface area contributed by atoms with Gasteiger partial charge in [-0.15, -0.1) is 0 Å². The van der Waals surface area contributed by atoms with E-state index >= 15 is 0 Å². The van der Waals surface area contributed by atoms with Crippen molar-refractivity contribution in [2.24, 2.45) is 0 Å². The van der Waals surface area contributed by atoms with Crippen molar-refractivity contribution in [3.8, 4) is 11.1 Å². The Bertz CT molecular complexity index is 1480. The van der Waals surface area contributed by atoms with Crippen LogP contribution < -0.4 is 5.32 Å².